The van der Waals surface area contributed by atoms with Gasteiger partial charge in [0.25, 0.3) is 0 Å². The molecule has 0 unspecified atom stereocenters. The maximum atomic E-state index is 5.58. The Bertz CT molecular complexity index is 728. The van der Waals surface area contributed by atoms with E-state index in [2.05, 4.69) is 17.0 Å². The summed E-state index contributed by atoms with van der Waals surface area (Å²) < 4.78 is 8.75. The first-order chi connectivity index (χ1) is 11.3. The highest BCUT2D eigenvalue weighted by Gasteiger charge is 1.98. The van der Waals surface area contributed by atoms with Gasteiger partial charge in [-0.15, -0.1) is 0 Å². The van der Waals surface area contributed by atoms with Crippen molar-refractivity contribution >= 4 is 29.3 Å². The van der Waals surface area contributed by atoms with Crippen LogP contribution in [0.4, 0.5) is 17.1 Å². The summed E-state index contributed by atoms with van der Waals surface area (Å²) in [6.07, 6.45) is 0. The molecule has 0 spiro atoms. The molecule has 0 atom stereocenters. The summed E-state index contributed by atoms with van der Waals surface area (Å²) >= 11 is 1.20. The van der Waals surface area contributed by atoms with E-state index in [1.54, 1.807) is 0 Å². The van der Waals surface area contributed by atoms with E-state index < -0.39 is 0 Å². The molecule has 0 aliphatic heterocycles. The van der Waals surface area contributed by atoms with Crippen molar-refractivity contribution in [1.82, 2.24) is 0 Å². The zero-order chi connectivity index (χ0) is 15.9. The molecule has 0 radical (unpaired) electrons. The quantitative estimate of drug-likeness (QED) is 0.444. The molecule has 2 N–H and O–H groups in total. The van der Waals surface area contributed by atoms with E-state index in [1.165, 1.54) is 17.8 Å². The number of anilines is 3. The lowest BCUT2D eigenvalue weighted by atomic mass is 10.2. The van der Waals surface area contributed by atoms with E-state index in [0.29, 0.717) is 0 Å². The van der Waals surface area contributed by atoms with E-state index in [4.69, 9.17) is 4.18 Å². The van der Waals surface area contributed by atoms with E-state index in [9.17, 15) is 0 Å². The van der Waals surface area contributed by atoms with Gasteiger partial charge in [0, 0.05) is 17.1 Å². The molecule has 0 heterocycles. The molecule has 0 aromatic heterocycles. The summed E-state index contributed by atoms with van der Waals surface area (Å²) in [5.74, 6) is 0.829. The molecule has 3 aromatic rings. The van der Waals surface area contributed by atoms with Gasteiger partial charge in [-0.25, -0.2) is 0 Å². The van der Waals surface area contributed by atoms with E-state index in [-0.39, 0.29) is 0 Å². The van der Waals surface area contributed by atoms with Gasteiger partial charge in [0.15, 0.2) is 12.2 Å². The predicted octanol–water partition coefficient (Wildman–Crippen LogP) is 5.79. The Hall–Kier alpha value is -2.59. The molecule has 3 nitrogen and oxygen atoms in total. The minimum atomic E-state index is 0.829. The Balaban J connectivity index is 1.50. The summed E-state index contributed by atoms with van der Waals surface area (Å²) in [6, 6.07) is 26.2. The third kappa shape index (κ3) is 4.69. The standard InChI is InChI=1S/C19H18N2OS/c1-15-7-13-19(14-8-15)22-23-21-18-11-9-17(10-12-18)20-16-5-3-2-4-6-16/h2-14,20-21H,1H3. The van der Waals surface area contributed by atoms with Crippen molar-refractivity contribution in [3.63, 3.8) is 0 Å². The second-order valence-corrected chi connectivity index (χ2v) is 5.69. The highest BCUT2D eigenvalue weighted by molar-refractivity contribution is 7.96. The molecule has 0 amide bonds. The molecular weight excluding hydrogens is 304 g/mol. The minimum Gasteiger partial charge on any atom is -0.405 e. The van der Waals surface area contributed by atoms with Crippen LogP contribution in [0.3, 0.4) is 0 Å². The van der Waals surface area contributed by atoms with Gasteiger partial charge in [0.2, 0.25) is 0 Å². The first-order valence-electron chi connectivity index (χ1n) is 7.38. The number of rotatable bonds is 6. The Morgan fingerprint density at radius 2 is 1.30 bits per heavy atom. The van der Waals surface area contributed by atoms with Crippen LogP contribution in [-0.2, 0) is 0 Å². The molecule has 3 aromatic carbocycles. The van der Waals surface area contributed by atoms with Crippen LogP contribution in [0.5, 0.6) is 5.75 Å². The third-order valence-electron chi connectivity index (χ3n) is 3.27. The second-order valence-electron chi connectivity index (χ2n) is 5.15. The summed E-state index contributed by atoms with van der Waals surface area (Å²) in [4.78, 5) is 0. The van der Waals surface area contributed by atoms with Crippen LogP contribution in [-0.4, -0.2) is 0 Å². The van der Waals surface area contributed by atoms with Crippen LogP contribution in [0.2, 0.25) is 0 Å². The summed E-state index contributed by atoms with van der Waals surface area (Å²) in [6.45, 7) is 2.06. The molecule has 0 aliphatic rings. The number of hydrogen-bond donors (Lipinski definition) is 2. The zero-order valence-electron chi connectivity index (χ0n) is 12.8. The highest BCUT2D eigenvalue weighted by Crippen LogP contribution is 2.22. The van der Waals surface area contributed by atoms with Gasteiger partial charge in [-0.05, 0) is 55.5 Å². The maximum absolute atomic E-state index is 5.58. The first kappa shape index (κ1) is 15.3. The van der Waals surface area contributed by atoms with Gasteiger partial charge < -0.3 is 9.50 Å². The lowest BCUT2D eigenvalue weighted by Crippen LogP contribution is -1.93. The maximum Gasteiger partial charge on any atom is 0.176 e. The number of benzene rings is 3. The van der Waals surface area contributed by atoms with Crippen molar-refractivity contribution < 1.29 is 4.18 Å². The van der Waals surface area contributed by atoms with Crippen LogP contribution in [0, 0.1) is 6.92 Å². The van der Waals surface area contributed by atoms with Crippen LogP contribution < -0.4 is 14.2 Å². The summed E-state index contributed by atoms with van der Waals surface area (Å²) in [5.41, 5.74) is 4.33. The van der Waals surface area contributed by atoms with Crippen molar-refractivity contribution in [3.8, 4) is 5.75 Å². The Morgan fingerprint density at radius 1 is 0.696 bits per heavy atom. The van der Waals surface area contributed by atoms with E-state index in [1.807, 2.05) is 78.9 Å². The zero-order valence-corrected chi connectivity index (χ0v) is 13.6. The molecule has 116 valence electrons. The second kappa shape index (κ2) is 7.61. The molecule has 0 bridgehead atoms. The Morgan fingerprint density at radius 3 is 2.00 bits per heavy atom. The largest absolute Gasteiger partial charge is 0.405 e. The molecular formula is C19H18N2OS. The molecule has 23 heavy (non-hydrogen) atoms. The van der Waals surface area contributed by atoms with Crippen LogP contribution in [0.1, 0.15) is 5.56 Å². The van der Waals surface area contributed by atoms with Gasteiger partial charge in [-0.2, -0.15) is 0 Å². The highest BCUT2D eigenvalue weighted by atomic mass is 32.2. The van der Waals surface area contributed by atoms with Crippen molar-refractivity contribution in [3.05, 3.63) is 84.4 Å². The smallest absolute Gasteiger partial charge is 0.176 e. The van der Waals surface area contributed by atoms with Crippen LogP contribution >= 0.6 is 12.2 Å². The normalized spacial score (nSPS) is 10.1. The summed E-state index contributed by atoms with van der Waals surface area (Å²) in [7, 11) is 0. The average Bonchev–Trinajstić information content (AvgIpc) is 2.59. The molecule has 0 fully saturated rings. The van der Waals surface area contributed by atoms with Gasteiger partial charge in [-0.3, -0.25) is 4.72 Å². The molecule has 0 aliphatic carbocycles. The fourth-order valence-corrected chi connectivity index (χ4v) is 2.50. The molecule has 0 saturated heterocycles. The Labute approximate surface area is 141 Å². The number of aryl methyl sites for hydroxylation is 1. The minimum absolute atomic E-state index is 0.829. The average molecular weight is 322 g/mol. The number of para-hydroxylation sites is 1. The first-order valence-corrected chi connectivity index (χ1v) is 8.12. The molecule has 0 saturated carbocycles. The SMILES string of the molecule is Cc1ccc(OSNc2ccc(Nc3ccccc3)cc2)cc1. The Kier molecular flexibility index (Phi) is 5.06. The molecule has 4 heteroatoms. The van der Waals surface area contributed by atoms with Crippen LogP contribution in [0.25, 0.3) is 0 Å². The monoisotopic (exact) mass is 322 g/mol. The summed E-state index contributed by atoms with van der Waals surface area (Å²) in [5, 5.41) is 3.35. The predicted molar refractivity (Wildman–Crippen MR) is 99.2 cm³/mol. The van der Waals surface area contributed by atoms with Gasteiger partial charge in [-0.1, -0.05) is 35.9 Å². The number of hydrogen-bond acceptors (Lipinski definition) is 4. The fourth-order valence-electron chi connectivity index (χ4n) is 2.02. The lowest BCUT2D eigenvalue weighted by Gasteiger charge is -2.09. The van der Waals surface area contributed by atoms with Gasteiger partial charge in [0.05, 0.1) is 0 Å². The molecule has 3 rings (SSSR count). The van der Waals surface area contributed by atoms with Crippen molar-refractivity contribution in [1.29, 1.82) is 0 Å². The lowest BCUT2D eigenvalue weighted by molar-refractivity contribution is 0.649. The van der Waals surface area contributed by atoms with Crippen molar-refractivity contribution in [2.24, 2.45) is 0 Å². The van der Waals surface area contributed by atoms with E-state index in [0.717, 1.165) is 22.8 Å². The van der Waals surface area contributed by atoms with Crippen molar-refractivity contribution in [2.75, 3.05) is 10.0 Å². The van der Waals surface area contributed by atoms with Crippen molar-refractivity contribution in [2.45, 2.75) is 6.92 Å². The van der Waals surface area contributed by atoms with E-state index >= 15 is 0 Å². The van der Waals surface area contributed by atoms with Crippen LogP contribution in [0.15, 0.2) is 78.9 Å². The topological polar surface area (TPSA) is 33.3 Å². The fraction of sp³-hybridized carbons (Fsp3) is 0.0526. The number of nitrogens with one attached hydrogen (secondary N) is 2. The van der Waals surface area contributed by atoms with Gasteiger partial charge in [0.1, 0.15) is 5.75 Å². The third-order valence-corrected chi connectivity index (χ3v) is 3.86. The van der Waals surface area contributed by atoms with Gasteiger partial charge >= 0.3 is 0 Å².